The highest BCUT2D eigenvalue weighted by molar-refractivity contribution is 6.33. The molecule has 0 radical (unpaired) electrons. The highest BCUT2D eigenvalue weighted by atomic mass is 35.5. The number of nitrogens with zero attached hydrogens (tertiary/aromatic N) is 3. The van der Waals surface area contributed by atoms with Gasteiger partial charge in [-0.3, -0.25) is 14.9 Å². The molecule has 1 atom stereocenters. The van der Waals surface area contributed by atoms with E-state index in [0.29, 0.717) is 31.3 Å². The number of hydrogen-bond donors (Lipinski definition) is 2. The first-order chi connectivity index (χ1) is 19.6. The molecule has 2 saturated heterocycles. The number of carbonyl (C=O) groups excluding carboxylic acids is 2. The molecule has 0 aromatic heterocycles. The van der Waals surface area contributed by atoms with Crippen molar-refractivity contribution >= 4 is 35.3 Å². The predicted octanol–water partition coefficient (Wildman–Crippen LogP) is 5.26. The maximum Gasteiger partial charge on any atom is 0.234 e. The van der Waals surface area contributed by atoms with E-state index in [1.165, 1.54) is 12.1 Å². The van der Waals surface area contributed by atoms with Crippen LogP contribution in [0.15, 0.2) is 61.6 Å². The lowest BCUT2D eigenvalue weighted by Gasteiger charge is -2.43. The first-order valence-corrected chi connectivity index (χ1v) is 13.8. The third-order valence-electron chi connectivity index (χ3n) is 7.25. The van der Waals surface area contributed by atoms with Crippen molar-refractivity contribution in [3.05, 3.63) is 83.8 Å². The number of anilines is 2. The monoisotopic (exact) mass is 605 g/mol. The maximum atomic E-state index is 14.5. The molecule has 2 aliphatic rings. The Kier molecular flexibility index (Phi) is 13.3. The second-order valence-corrected chi connectivity index (χ2v) is 10.4. The van der Waals surface area contributed by atoms with Crippen LogP contribution in [0.25, 0.3) is 0 Å². The zero-order valence-electron chi connectivity index (χ0n) is 23.7. The Bertz CT molecular complexity index is 1210. The molecule has 4 rings (SSSR count). The summed E-state index contributed by atoms with van der Waals surface area (Å²) in [5, 5.41) is 5.75. The van der Waals surface area contributed by atoms with Crippen molar-refractivity contribution in [2.75, 3.05) is 50.1 Å². The highest BCUT2D eigenvalue weighted by Crippen LogP contribution is 2.32. The lowest BCUT2D eigenvalue weighted by Crippen LogP contribution is -2.56. The average molecular weight is 606 g/mol. The van der Waals surface area contributed by atoms with Crippen molar-refractivity contribution in [1.82, 2.24) is 15.5 Å². The molecule has 0 saturated carbocycles. The van der Waals surface area contributed by atoms with E-state index in [-0.39, 0.29) is 31.9 Å². The van der Waals surface area contributed by atoms with E-state index < -0.39 is 23.5 Å². The van der Waals surface area contributed by atoms with E-state index in [9.17, 15) is 18.4 Å². The van der Waals surface area contributed by atoms with Crippen LogP contribution in [-0.4, -0.2) is 69.7 Å². The summed E-state index contributed by atoms with van der Waals surface area (Å²) in [7, 11) is 3.71. The van der Waals surface area contributed by atoms with Gasteiger partial charge in [-0.25, -0.2) is 8.78 Å². The lowest BCUT2D eigenvalue weighted by molar-refractivity contribution is -0.126. The third kappa shape index (κ3) is 8.23. The highest BCUT2D eigenvalue weighted by Gasteiger charge is 2.31. The molecule has 2 aliphatic heterocycles. The Morgan fingerprint density at radius 3 is 2.36 bits per heavy atom. The number of carbonyl (C=O) groups is 2. The van der Waals surface area contributed by atoms with Gasteiger partial charge in [0.1, 0.15) is 17.5 Å². The topological polar surface area (TPSA) is 77.2 Å². The zero-order valence-corrected chi connectivity index (χ0v) is 24.5. The number of methoxy groups -OCH3 is 1. The fraction of sp³-hybridized carbons (Fsp3) is 0.419. The van der Waals surface area contributed by atoms with E-state index in [4.69, 9.17) is 16.3 Å². The van der Waals surface area contributed by atoms with Crippen LogP contribution in [0.5, 0.6) is 0 Å². The summed E-state index contributed by atoms with van der Waals surface area (Å²) in [6.45, 7) is 12.5. The predicted molar refractivity (Wildman–Crippen MR) is 166 cm³/mol. The largest absolute Gasteiger partial charge is 0.385 e. The quantitative estimate of drug-likeness (QED) is 0.320. The number of nitrogens with one attached hydrogen (secondary N) is 2. The maximum absolute atomic E-state index is 14.5. The van der Waals surface area contributed by atoms with Crippen LogP contribution in [0.1, 0.15) is 38.7 Å². The van der Waals surface area contributed by atoms with Crippen molar-refractivity contribution in [2.45, 2.75) is 45.3 Å². The van der Waals surface area contributed by atoms with E-state index in [0.717, 1.165) is 29.6 Å². The minimum Gasteiger partial charge on any atom is -0.385 e. The molecule has 2 aromatic carbocycles. The Morgan fingerprint density at radius 2 is 1.83 bits per heavy atom. The van der Waals surface area contributed by atoms with Crippen molar-refractivity contribution < 1.29 is 23.1 Å². The van der Waals surface area contributed by atoms with E-state index >= 15 is 0 Å². The summed E-state index contributed by atoms with van der Waals surface area (Å²) in [5.41, 5.74) is 1.11. The van der Waals surface area contributed by atoms with Gasteiger partial charge in [0.2, 0.25) is 12.3 Å². The molecule has 0 bridgehead atoms. The summed E-state index contributed by atoms with van der Waals surface area (Å²) >= 11 is 6.16. The molecule has 11 heteroatoms. The standard InChI is InChI=1S/C17H21F2N3O2.C13H17ClN2O.CH4/c1-3-5-13(17(24)21-10-23)16-14(18)6-12(7-15(16)19)22-8-11(9-22)20-4-2;1-10(16-8-11(9-16)17-3)15(2)13-7-5-4-6-12(13)14;/h4,6-7,10-11,13,20H,2-3,5,8-9H2,1H3,(H,21,23,24);4-7,11H,1,8-9H2,2-3H3;1H4. The summed E-state index contributed by atoms with van der Waals surface area (Å²) in [5.74, 6) is -2.32. The minimum atomic E-state index is -1.03. The van der Waals surface area contributed by atoms with Gasteiger partial charge in [0.15, 0.2) is 0 Å². The number of likely N-dealkylation sites (tertiary alicyclic amines) is 1. The van der Waals surface area contributed by atoms with Crippen LogP contribution in [0.3, 0.4) is 0 Å². The number of halogens is 3. The Labute approximate surface area is 252 Å². The van der Waals surface area contributed by atoms with Crippen molar-refractivity contribution in [3.8, 4) is 0 Å². The van der Waals surface area contributed by atoms with Crippen LogP contribution in [0.2, 0.25) is 5.02 Å². The molecule has 2 heterocycles. The molecular weight excluding hydrogens is 564 g/mol. The van der Waals surface area contributed by atoms with Gasteiger partial charge in [0.25, 0.3) is 0 Å². The number of rotatable bonds is 12. The average Bonchev–Trinajstić information content (AvgIpc) is 2.89. The molecule has 2 aromatic rings. The molecular formula is C31H42ClF2N5O3. The normalized spacial score (nSPS) is 15.1. The number of hydrogen-bond acceptors (Lipinski definition) is 7. The molecule has 230 valence electrons. The van der Waals surface area contributed by atoms with E-state index in [1.54, 1.807) is 20.2 Å². The SMILES string of the molecule is C.C=C(N1CC(OC)C1)N(C)c1ccccc1Cl.C=CNC1CN(c2cc(F)c(C(CCC)C(=O)NC=O)c(F)c2)C1. The Morgan fingerprint density at radius 1 is 1.21 bits per heavy atom. The molecule has 2 N–H and O–H groups in total. The number of benzene rings is 2. The molecule has 2 amide bonds. The van der Waals surface area contributed by atoms with Gasteiger partial charge in [-0.15, -0.1) is 0 Å². The zero-order chi connectivity index (χ0) is 30.1. The fourth-order valence-electron chi connectivity index (χ4n) is 4.77. The van der Waals surface area contributed by atoms with Crippen molar-refractivity contribution in [2.24, 2.45) is 0 Å². The van der Waals surface area contributed by atoms with Gasteiger partial charge < -0.3 is 24.8 Å². The molecule has 1 unspecified atom stereocenters. The molecule has 0 aliphatic carbocycles. The smallest absolute Gasteiger partial charge is 0.234 e. The second-order valence-electron chi connectivity index (χ2n) is 9.95. The van der Waals surface area contributed by atoms with Crippen LogP contribution in [-0.2, 0) is 14.3 Å². The second kappa shape index (κ2) is 16.1. The first kappa shape index (κ1) is 34.6. The van der Waals surface area contributed by atoms with Gasteiger partial charge >= 0.3 is 0 Å². The lowest BCUT2D eigenvalue weighted by atomic mass is 9.92. The van der Waals surface area contributed by atoms with Crippen molar-refractivity contribution in [1.29, 1.82) is 0 Å². The van der Waals surface area contributed by atoms with E-state index in [1.807, 2.05) is 46.4 Å². The molecule has 2 fully saturated rings. The fourth-order valence-corrected chi connectivity index (χ4v) is 5.04. The number of para-hydroxylation sites is 1. The van der Waals surface area contributed by atoms with Gasteiger partial charge in [-0.05, 0) is 36.9 Å². The van der Waals surface area contributed by atoms with Crippen LogP contribution < -0.4 is 20.4 Å². The van der Waals surface area contributed by atoms with Gasteiger partial charge in [0.05, 0.1) is 28.8 Å². The molecule has 42 heavy (non-hydrogen) atoms. The van der Waals surface area contributed by atoms with Crippen LogP contribution >= 0.6 is 11.6 Å². The molecule has 8 nitrogen and oxygen atoms in total. The number of ether oxygens (including phenoxy) is 1. The Hall–Kier alpha value is -3.63. The summed E-state index contributed by atoms with van der Waals surface area (Å²) in [6.07, 6.45) is 2.95. The van der Waals surface area contributed by atoms with Gasteiger partial charge in [0, 0.05) is 51.6 Å². The first-order valence-electron chi connectivity index (χ1n) is 13.4. The summed E-state index contributed by atoms with van der Waals surface area (Å²) < 4.78 is 34.2. The van der Waals surface area contributed by atoms with Crippen LogP contribution in [0, 0.1) is 11.6 Å². The minimum absolute atomic E-state index is 0. The van der Waals surface area contributed by atoms with E-state index in [2.05, 4.69) is 23.4 Å². The third-order valence-corrected chi connectivity index (χ3v) is 7.57. The summed E-state index contributed by atoms with van der Waals surface area (Å²) in [4.78, 5) is 28.4. The van der Waals surface area contributed by atoms with Gasteiger partial charge in [-0.1, -0.05) is 57.7 Å². The Balaban J connectivity index is 0.000000302. The number of imide groups is 1. The molecule has 0 spiro atoms. The number of amides is 2. The van der Waals surface area contributed by atoms with Gasteiger partial charge in [-0.2, -0.15) is 0 Å². The van der Waals surface area contributed by atoms with Crippen LogP contribution in [0.4, 0.5) is 20.2 Å². The van der Waals surface area contributed by atoms with Crippen molar-refractivity contribution in [3.63, 3.8) is 0 Å². The summed E-state index contributed by atoms with van der Waals surface area (Å²) in [6, 6.07) is 10.4.